The van der Waals surface area contributed by atoms with E-state index >= 15 is 0 Å². The zero-order valence-corrected chi connectivity index (χ0v) is 16.7. The van der Waals surface area contributed by atoms with Crippen LogP contribution >= 0.6 is 34.7 Å². The molecule has 8 heteroatoms. The molecule has 1 aliphatic rings. The zero-order chi connectivity index (χ0) is 18.4. The molecule has 0 spiro atoms. The van der Waals surface area contributed by atoms with Crippen LogP contribution in [0.25, 0.3) is 16.2 Å². The minimum atomic E-state index is 0.286. The van der Waals surface area contributed by atoms with Crippen LogP contribution in [0, 0.1) is 6.92 Å². The quantitative estimate of drug-likeness (QED) is 0.415. The topological polar surface area (TPSA) is 48.7 Å². The van der Waals surface area contributed by atoms with Gasteiger partial charge in [0.05, 0.1) is 5.69 Å². The van der Waals surface area contributed by atoms with Crippen molar-refractivity contribution in [3.8, 4) is 22.8 Å². The van der Waals surface area contributed by atoms with Crippen LogP contribution in [-0.4, -0.2) is 21.4 Å². The third-order valence-corrected chi connectivity index (χ3v) is 6.45. The summed E-state index contributed by atoms with van der Waals surface area (Å²) in [6, 6.07) is 11.9. The molecule has 0 N–H and O–H groups in total. The number of fused-ring (bicyclic) bond motifs is 2. The first kappa shape index (κ1) is 16.9. The largest absolute Gasteiger partial charge is 0.454 e. The zero-order valence-electron chi connectivity index (χ0n) is 14.3. The molecule has 0 atom stereocenters. The molecule has 0 fully saturated rings. The molecule has 5 nitrogen and oxygen atoms in total. The predicted molar refractivity (Wildman–Crippen MR) is 108 cm³/mol. The van der Waals surface area contributed by atoms with Crippen molar-refractivity contribution in [2.75, 3.05) is 6.79 Å². The van der Waals surface area contributed by atoms with E-state index in [1.807, 2.05) is 36.4 Å². The summed E-state index contributed by atoms with van der Waals surface area (Å²) in [6.07, 6.45) is 0. The van der Waals surface area contributed by atoms with Crippen LogP contribution in [0.3, 0.4) is 0 Å². The molecule has 0 saturated heterocycles. The van der Waals surface area contributed by atoms with Crippen LogP contribution in [0.15, 0.2) is 46.9 Å². The third kappa shape index (κ3) is 3.05. The van der Waals surface area contributed by atoms with E-state index in [2.05, 4.69) is 26.9 Å². The van der Waals surface area contributed by atoms with Crippen molar-refractivity contribution in [3.05, 3.63) is 57.9 Å². The Kier molecular flexibility index (Phi) is 4.22. The first-order chi connectivity index (χ1) is 13.2. The SMILES string of the molecule is Cc1ccc(Cl)cc1-c1csc2nnc(SCc3ccc4c(c3)OCO4)n12. The van der Waals surface area contributed by atoms with Crippen LogP contribution in [0.1, 0.15) is 11.1 Å². The maximum atomic E-state index is 6.22. The summed E-state index contributed by atoms with van der Waals surface area (Å²) in [7, 11) is 0. The number of hydrogen-bond donors (Lipinski definition) is 0. The number of hydrogen-bond acceptors (Lipinski definition) is 6. The average molecular weight is 416 g/mol. The monoisotopic (exact) mass is 415 g/mol. The van der Waals surface area contributed by atoms with E-state index in [1.165, 1.54) is 5.56 Å². The summed E-state index contributed by atoms with van der Waals surface area (Å²) in [5.74, 6) is 2.36. The van der Waals surface area contributed by atoms with Crippen LogP contribution in [0.4, 0.5) is 0 Å². The van der Waals surface area contributed by atoms with Gasteiger partial charge < -0.3 is 9.47 Å². The second kappa shape index (κ2) is 6.74. The molecule has 2 aromatic carbocycles. The molecular formula is C19H14ClN3O2S2. The second-order valence-electron chi connectivity index (χ2n) is 6.16. The van der Waals surface area contributed by atoms with E-state index in [9.17, 15) is 0 Å². The molecule has 0 amide bonds. The van der Waals surface area contributed by atoms with Crippen molar-refractivity contribution in [2.45, 2.75) is 17.8 Å². The van der Waals surface area contributed by atoms with Crippen LogP contribution in [-0.2, 0) is 5.75 Å². The lowest BCUT2D eigenvalue weighted by Crippen LogP contribution is -1.93. The number of rotatable bonds is 4. The van der Waals surface area contributed by atoms with Gasteiger partial charge in [-0.1, -0.05) is 35.5 Å². The maximum Gasteiger partial charge on any atom is 0.231 e. The second-order valence-corrected chi connectivity index (χ2v) is 8.37. The normalized spacial score (nSPS) is 12.8. The molecule has 5 rings (SSSR count). The Bertz CT molecular complexity index is 1160. The number of thiazole rings is 1. The predicted octanol–water partition coefficient (Wildman–Crippen LogP) is 5.44. The Labute approximate surface area is 168 Å². The van der Waals surface area contributed by atoms with Crippen molar-refractivity contribution in [3.63, 3.8) is 0 Å². The van der Waals surface area contributed by atoms with Crippen molar-refractivity contribution >= 4 is 39.7 Å². The van der Waals surface area contributed by atoms with Crippen LogP contribution in [0.2, 0.25) is 5.02 Å². The molecule has 27 heavy (non-hydrogen) atoms. The van der Waals surface area contributed by atoms with Crippen molar-refractivity contribution in [1.82, 2.24) is 14.6 Å². The fourth-order valence-corrected chi connectivity index (χ4v) is 4.97. The van der Waals surface area contributed by atoms with Crippen molar-refractivity contribution in [2.24, 2.45) is 0 Å². The molecule has 0 radical (unpaired) electrons. The highest BCUT2D eigenvalue weighted by Crippen LogP contribution is 2.36. The molecule has 0 aliphatic carbocycles. The number of benzene rings is 2. The van der Waals surface area contributed by atoms with Crippen LogP contribution < -0.4 is 9.47 Å². The molecule has 3 heterocycles. The number of thioether (sulfide) groups is 1. The Balaban J connectivity index is 1.47. The first-order valence-corrected chi connectivity index (χ1v) is 10.5. The molecule has 0 saturated carbocycles. The molecule has 0 bridgehead atoms. The number of nitrogens with zero attached hydrogens (tertiary/aromatic N) is 3. The number of aromatic nitrogens is 3. The Morgan fingerprint density at radius 3 is 2.96 bits per heavy atom. The lowest BCUT2D eigenvalue weighted by atomic mass is 10.1. The van der Waals surface area contributed by atoms with E-state index in [4.69, 9.17) is 21.1 Å². The molecule has 136 valence electrons. The van der Waals surface area contributed by atoms with E-state index in [1.54, 1.807) is 23.1 Å². The van der Waals surface area contributed by atoms with Gasteiger partial charge in [0.1, 0.15) is 0 Å². The first-order valence-electron chi connectivity index (χ1n) is 8.29. The highest BCUT2D eigenvalue weighted by Gasteiger charge is 2.17. The van der Waals surface area contributed by atoms with Gasteiger partial charge in [-0.05, 0) is 42.3 Å². The molecule has 4 aromatic rings. The van der Waals surface area contributed by atoms with Gasteiger partial charge in [-0.25, -0.2) is 0 Å². The number of halogens is 1. The minimum Gasteiger partial charge on any atom is -0.454 e. The molecule has 2 aromatic heterocycles. The Morgan fingerprint density at radius 1 is 1.15 bits per heavy atom. The van der Waals surface area contributed by atoms with Gasteiger partial charge in [-0.15, -0.1) is 21.5 Å². The van der Waals surface area contributed by atoms with Gasteiger partial charge in [0.2, 0.25) is 11.8 Å². The van der Waals surface area contributed by atoms with Gasteiger partial charge in [-0.3, -0.25) is 4.40 Å². The van der Waals surface area contributed by atoms with Gasteiger partial charge in [-0.2, -0.15) is 0 Å². The van der Waals surface area contributed by atoms with Crippen molar-refractivity contribution < 1.29 is 9.47 Å². The summed E-state index contributed by atoms with van der Waals surface area (Å²) in [5, 5.41) is 12.4. The van der Waals surface area contributed by atoms with Gasteiger partial charge >= 0.3 is 0 Å². The van der Waals surface area contributed by atoms with Gasteiger partial charge in [0.15, 0.2) is 16.7 Å². The summed E-state index contributed by atoms with van der Waals surface area (Å²) in [5.41, 5.74) is 4.47. The smallest absolute Gasteiger partial charge is 0.231 e. The van der Waals surface area contributed by atoms with E-state index < -0.39 is 0 Å². The van der Waals surface area contributed by atoms with Crippen molar-refractivity contribution in [1.29, 1.82) is 0 Å². The minimum absolute atomic E-state index is 0.286. The maximum absolute atomic E-state index is 6.22. The molecule has 0 unspecified atom stereocenters. The van der Waals surface area contributed by atoms with E-state index in [0.29, 0.717) is 0 Å². The van der Waals surface area contributed by atoms with E-state index in [0.717, 1.165) is 49.2 Å². The average Bonchev–Trinajstić information content (AvgIpc) is 3.38. The number of ether oxygens (including phenoxy) is 2. The van der Waals surface area contributed by atoms with Crippen LogP contribution in [0.5, 0.6) is 11.5 Å². The molecule has 1 aliphatic heterocycles. The highest BCUT2D eigenvalue weighted by atomic mass is 35.5. The summed E-state index contributed by atoms with van der Waals surface area (Å²) >= 11 is 9.45. The molecular weight excluding hydrogens is 402 g/mol. The van der Waals surface area contributed by atoms with Gasteiger partial charge in [0.25, 0.3) is 0 Å². The Hall–Kier alpha value is -2.22. The highest BCUT2D eigenvalue weighted by molar-refractivity contribution is 7.98. The number of aryl methyl sites for hydroxylation is 1. The summed E-state index contributed by atoms with van der Waals surface area (Å²) in [4.78, 5) is 0.873. The Morgan fingerprint density at radius 2 is 2.04 bits per heavy atom. The fraction of sp³-hybridized carbons (Fsp3) is 0.158. The van der Waals surface area contributed by atoms with Gasteiger partial charge in [0, 0.05) is 21.7 Å². The standard InChI is InChI=1S/C19H14ClN3O2S2/c1-11-2-4-13(20)7-14(11)15-9-27-19-22-21-18(23(15)19)26-8-12-3-5-16-17(6-12)25-10-24-16/h2-7,9H,8,10H2,1H3. The lowest BCUT2D eigenvalue weighted by molar-refractivity contribution is 0.174. The lowest BCUT2D eigenvalue weighted by Gasteiger charge is -2.07. The van der Waals surface area contributed by atoms with E-state index in [-0.39, 0.29) is 6.79 Å². The summed E-state index contributed by atoms with van der Waals surface area (Å²) < 4.78 is 12.9. The summed E-state index contributed by atoms with van der Waals surface area (Å²) in [6.45, 7) is 2.37. The fourth-order valence-electron chi connectivity index (χ4n) is 3.03. The third-order valence-electron chi connectivity index (χ3n) is 4.40.